The van der Waals surface area contributed by atoms with Crippen molar-refractivity contribution in [2.75, 3.05) is 0 Å². The number of aryl methyl sites for hydroxylation is 1. The minimum atomic E-state index is 0.306. The van der Waals surface area contributed by atoms with E-state index in [1.165, 1.54) is 5.56 Å². The zero-order valence-corrected chi connectivity index (χ0v) is 9.03. The normalized spacial score (nSPS) is 13.2. The Kier molecular flexibility index (Phi) is 3.02. The van der Waals surface area contributed by atoms with Crippen molar-refractivity contribution in [3.8, 4) is 0 Å². The molecule has 80 valence electrons. The molecule has 1 atom stereocenters. The second-order valence-electron chi connectivity index (χ2n) is 4.12. The molecule has 3 nitrogen and oxygen atoms in total. The molecule has 0 saturated carbocycles. The van der Waals surface area contributed by atoms with Crippen LogP contribution in [0.4, 0.5) is 0 Å². The number of nitrogens with zero attached hydrogens (tertiary/aromatic N) is 1. The number of imidazole rings is 1. The van der Waals surface area contributed by atoms with Gasteiger partial charge in [0.05, 0.1) is 17.4 Å². The summed E-state index contributed by atoms with van der Waals surface area (Å²) in [5.74, 6) is 0. The molecular weight excluding hydrogens is 186 g/mol. The van der Waals surface area contributed by atoms with Gasteiger partial charge < -0.3 is 10.7 Å². The number of aromatic amines is 1. The second kappa shape index (κ2) is 4.45. The molecule has 1 aromatic carbocycles. The Hall–Kier alpha value is -1.35. The van der Waals surface area contributed by atoms with E-state index in [0.717, 1.165) is 30.3 Å². The first-order valence-electron chi connectivity index (χ1n) is 5.43. The van der Waals surface area contributed by atoms with E-state index < -0.39 is 0 Å². The van der Waals surface area contributed by atoms with Crippen molar-refractivity contribution < 1.29 is 0 Å². The van der Waals surface area contributed by atoms with Crippen LogP contribution in [0.5, 0.6) is 0 Å². The summed E-state index contributed by atoms with van der Waals surface area (Å²) in [6, 6.07) is 6.68. The summed E-state index contributed by atoms with van der Waals surface area (Å²) in [5, 5.41) is 0. The molecule has 2 aromatic rings. The molecule has 0 fully saturated rings. The molecule has 15 heavy (non-hydrogen) atoms. The number of fused-ring (bicyclic) bond motifs is 1. The third kappa shape index (κ3) is 2.57. The van der Waals surface area contributed by atoms with Crippen LogP contribution in [0.25, 0.3) is 11.0 Å². The fraction of sp³-hybridized carbons (Fsp3) is 0.417. The molecule has 3 heteroatoms. The largest absolute Gasteiger partial charge is 0.345 e. The number of aromatic nitrogens is 2. The Bertz CT molecular complexity index is 431. The summed E-state index contributed by atoms with van der Waals surface area (Å²) < 4.78 is 0. The highest BCUT2D eigenvalue weighted by molar-refractivity contribution is 5.74. The van der Waals surface area contributed by atoms with E-state index in [1.807, 2.05) is 0 Å². The van der Waals surface area contributed by atoms with Crippen LogP contribution in [0.2, 0.25) is 0 Å². The fourth-order valence-corrected chi connectivity index (χ4v) is 1.77. The summed E-state index contributed by atoms with van der Waals surface area (Å²) >= 11 is 0. The van der Waals surface area contributed by atoms with Gasteiger partial charge in [-0.3, -0.25) is 0 Å². The lowest BCUT2D eigenvalue weighted by Gasteiger charge is -2.04. The van der Waals surface area contributed by atoms with E-state index in [4.69, 9.17) is 5.73 Å². The van der Waals surface area contributed by atoms with Crippen molar-refractivity contribution >= 4 is 11.0 Å². The van der Waals surface area contributed by atoms with Crippen LogP contribution < -0.4 is 5.73 Å². The molecule has 0 saturated heterocycles. The number of nitrogens with one attached hydrogen (secondary N) is 1. The predicted octanol–water partition coefficient (Wildman–Crippen LogP) is 2.23. The topological polar surface area (TPSA) is 54.7 Å². The lowest BCUT2D eigenvalue weighted by atomic mass is 10.1. The van der Waals surface area contributed by atoms with Gasteiger partial charge in [-0.15, -0.1) is 0 Å². The number of hydrogen-bond acceptors (Lipinski definition) is 2. The molecule has 0 aliphatic heterocycles. The predicted molar refractivity (Wildman–Crippen MR) is 62.7 cm³/mol. The smallest absolute Gasteiger partial charge is 0.0931 e. The molecule has 1 aromatic heterocycles. The van der Waals surface area contributed by atoms with Gasteiger partial charge in [0.15, 0.2) is 0 Å². The molecule has 2 rings (SSSR count). The van der Waals surface area contributed by atoms with Crippen LogP contribution in [0.3, 0.4) is 0 Å². The number of rotatable bonds is 4. The van der Waals surface area contributed by atoms with Crippen LogP contribution in [-0.2, 0) is 6.42 Å². The average Bonchev–Trinajstić information content (AvgIpc) is 2.64. The monoisotopic (exact) mass is 203 g/mol. The van der Waals surface area contributed by atoms with Gasteiger partial charge >= 0.3 is 0 Å². The quantitative estimate of drug-likeness (QED) is 0.800. The first-order valence-corrected chi connectivity index (χ1v) is 5.43. The number of hydrogen-bond donors (Lipinski definition) is 2. The molecule has 0 radical (unpaired) electrons. The molecule has 0 bridgehead atoms. The van der Waals surface area contributed by atoms with E-state index in [-0.39, 0.29) is 0 Å². The molecule has 0 aliphatic rings. The highest BCUT2D eigenvalue weighted by atomic mass is 14.9. The van der Waals surface area contributed by atoms with Crippen molar-refractivity contribution in [1.29, 1.82) is 0 Å². The second-order valence-corrected chi connectivity index (χ2v) is 4.12. The van der Waals surface area contributed by atoms with Gasteiger partial charge in [-0.25, -0.2) is 4.98 Å². The molecular formula is C12H17N3. The average molecular weight is 203 g/mol. The Balaban J connectivity index is 2.02. The minimum Gasteiger partial charge on any atom is -0.345 e. The number of nitrogens with two attached hydrogens (primary N) is 1. The first kappa shape index (κ1) is 10.2. The Morgan fingerprint density at radius 1 is 1.47 bits per heavy atom. The molecule has 3 N–H and O–H groups in total. The van der Waals surface area contributed by atoms with E-state index in [2.05, 4.69) is 35.1 Å². The molecule has 1 unspecified atom stereocenters. The van der Waals surface area contributed by atoms with E-state index in [1.54, 1.807) is 6.33 Å². The zero-order valence-electron chi connectivity index (χ0n) is 9.03. The third-order valence-electron chi connectivity index (χ3n) is 2.61. The van der Waals surface area contributed by atoms with Crippen molar-refractivity contribution in [3.05, 3.63) is 30.1 Å². The van der Waals surface area contributed by atoms with Gasteiger partial charge in [-0.2, -0.15) is 0 Å². The summed E-state index contributed by atoms with van der Waals surface area (Å²) in [4.78, 5) is 7.32. The van der Waals surface area contributed by atoms with Crippen LogP contribution in [0.15, 0.2) is 24.5 Å². The number of H-pyrrole nitrogens is 1. The maximum absolute atomic E-state index is 5.71. The van der Waals surface area contributed by atoms with Gasteiger partial charge in [0, 0.05) is 6.04 Å². The summed E-state index contributed by atoms with van der Waals surface area (Å²) in [5.41, 5.74) is 9.22. The van der Waals surface area contributed by atoms with Crippen LogP contribution >= 0.6 is 0 Å². The van der Waals surface area contributed by atoms with Crippen molar-refractivity contribution in [1.82, 2.24) is 9.97 Å². The third-order valence-corrected chi connectivity index (χ3v) is 2.61. The van der Waals surface area contributed by atoms with E-state index in [0.29, 0.717) is 6.04 Å². The number of benzene rings is 1. The maximum Gasteiger partial charge on any atom is 0.0931 e. The van der Waals surface area contributed by atoms with Crippen LogP contribution in [0.1, 0.15) is 25.3 Å². The molecule has 1 heterocycles. The molecule has 0 amide bonds. The summed E-state index contributed by atoms with van der Waals surface area (Å²) in [6.45, 7) is 2.05. The fourth-order valence-electron chi connectivity index (χ4n) is 1.77. The SMILES string of the molecule is CC(N)CCCc1ccc2nc[nH]c2c1. The highest BCUT2D eigenvalue weighted by Gasteiger charge is 1.99. The molecule has 0 spiro atoms. The minimum absolute atomic E-state index is 0.306. The van der Waals surface area contributed by atoms with Crippen molar-refractivity contribution in [3.63, 3.8) is 0 Å². The Morgan fingerprint density at radius 2 is 2.33 bits per heavy atom. The van der Waals surface area contributed by atoms with Crippen molar-refractivity contribution in [2.24, 2.45) is 5.73 Å². The lowest BCUT2D eigenvalue weighted by molar-refractivity contribution is 0.624. The summed E-state index contributed by atoms with van der Waals surface area (Å²) in [6.07, 6.45) is 5.06. The summed E-state index contributed by atoms with van der Waals surface area (Å²) in [7, 11) is 0. The standard InChI is InChI=1S/C12H17N3/c1-9(13)3-2-4-10-5-6-11-12(7-10)15-8-14-11/h5-9H,2-4,13H2,1H3,(H,14,15). The Morgan fingerprint density at radius 3 is 3.13 bits per heavy atom. The maximum atomic E-state index is 5.71. The van der Waals surface area contributed by atoms with E-state index in [9.17, 15) is 0 Å². The van der Waals surface area contributed by atoms with Crippen LogP contribution in [-0.4, -0.2) is 16.0 Å². The lowest BCUT2D eigenvalue weighted by Crippen LogP contribution is -2.14. The highest BCUT2D eigenvalue weighted by Crippen LogP contribution is 2.13. The van der Waals surface area contributed by atoms with Crippen LogP contribution in [0, 0.1) is 0 Å². The van der Waals surface area contributed by atoms with Gasteiger partial charge in [0.2, 0.25) is 0 Å². The van der Waals surface area contributed by atoms with E-state index >= 15 is 0 Å². The Labute approximate surface area is 89.7 Å². The zero-order chi connectivity index (χ0) is 10.7. The van der Waals surface area contributed by atoms with Crippen molar-refractivity contribution in [2.45, 2.75) is 32.2 Å². The first-order chi connectivity index (χ1) is 7.25. The van der Waals surface area contributed by atoms with Gasteiger partial charge in [0.1, 0.15) is 0 Å². The molecule has 0 aliphatic carbocycles. The van der Waals surface area contributed by atoms with Gasteiger partial charge in [0.25, 0.3) is 0 Å². The van der Waals surface area contributed by atoms with Gasteiger partial charge in [-0.05, 0) is 43.9 Å². The van der Waals surface area contributed by atoms with Gasteiger partial charge in [-0.1, -0.05) is 6.07 Å².